The summed E-state index contributed by atoms with van der Waals surface area (Å²) in [6.45, 7) is 8.10. The van der Waals surface area contributed by atoms with Gasteiger partial charge in [0.1, 0.15) is 0 Å². The Labute approximate surface area is 97.9 Å². The van der Waals surface area contributed by atoms with Gasteiger partial charge in [-0.1, -0.05) is 13.8 Å². The van der Waals surface area contributed by atoms with E-state index in [0.29, 0.717) is 6.42 Å². The molecule has 0 aromatic rings. The topological polar surface area (TPSA) is 38.8 Å². The number of hydrogen-bond donors (Lipinski definition) is 0. The highest BCUT2D eigenvalue weighted by Gasteiger charge is 2.22. The van der Waals surface area contributed by atoms with Gasteiger partial charge in [-0.15, -0.1) is 0 Å². The number of rotatable bonds is 5. The van der Waals surface area contributed by atoms with Crippen molar-refractivity contribution in [2.75, 3.05) is 33.4 Å². The van der Waals surface area contributed by atoms with E-state index in [0.717, 1.165) is 32.2 Å². The Morgan fingerprint density at radius 2 is 2.31 bits per heavy atom. The van der Waals surface area contributed by atoms with Crippen molar-refractivity contribution in [3.8, 4) is 0 Å². The molecule has 0 aromatic heterocycles. The lowest BCUT2D eigenvalue weighted by molar-refractivity contribution is -0.145. The summed E-state index contributed by atoms with van der Waals surface area (Å²) in [5, 5.41) is 0. The molecule has 0 saturated carbocycles. The predicted molar refractivity (Wildman–Crippen MR) is 62.3 cm³/mol. The van der Waals surface area contributed by atoms with Crippen molar-refractivity contribution in [3.63, 3.8) is 0 Å². The molecule has 1 heterocycles. The van der Waals surface area contributed by atoms with Gasteiger partial charge in [-0.25, -0.2) is 0 Å². The minimum Gasteiger partial charge on any atom is -0.469 e. The monoisotopic (exact) mass is 229 g/mol. The molecule has 4 nitrogen and oxygen atoms in total. The van der Waals surface area contributed by atoms with Gasteiger partial charge in [0.25, 0.3) is 0 Å². The number of hydrogen-bond acceptors (Lipinski definition) is 4. The molecule has 1 unspecified atom stereocenters. The highest BCUT2D eigenvalue weighted by atomic mass is 16.5. The maximum Gasteiger partial charge on any atom is 0.308 e. The number of nitrogens with zero attached hydrogens (tertiary/aromatic N) is 1. The summed E-state index contributed by atoms with van der Waals surface area (Å²) < 4.78 is 10.2. The first-order valence-electron chi connectivity index (χ1n) is 6.02. The van der Waals surface area contributed by atoms with Crippen LogP contribution >= 0.6 is 0 Å². The van der Waals surface area contributed by atoms with Crippen molar-refractivity contribution in [2.45, 2.75) is 32.8 Å². The summed E-state index contributed by atoms with van der Waals surface area (Å²) in [7, 11) is 1.42. The summed E-state index contributed by atoms with van der Waals surface area (Å²) in [5.41, 5.74) is 0. The van der Waals surface area contributed by atoms with Crippen molar-refractivity contribution in [1.29, 1.82) is 0 Å². The maximum absolute atomic E-state index is 11.1. The average molecular weight is 229 g/mol. The molecule has 1 aliphatic heterocycles. The molecule has 4 heteroatoms. The Kier molecular flexibility index (Phi) is 5.77. The number of esters is 1. The summed E-state index contributed by atoms with van der Waals surface area (Å²) in [6, 6.07) is 0. The van der Waals surface area contributed by atoms with Crippen LogP contribution in [0.25, 0.3) is 0 Å². The SMILES string of the molecule is COC(=O)CC1CN(CCC(C)C)CCO1. The molecular formula is C12H23NO3. The quantitative estimate of drug-likeness (QED) is 0.666. The minimum atomic E-state index is -0.185. The smallest absolute Gasteiger partial charge is 0.308 e. The second-order valence-electron chi connectivity index (χ2n) is 4.76. The first-order valence-corrected chi connectivity index (χ1v) is 6.02. The van der Waals surface area contributed by atoms with Crippen LogP contribution in [0.5, 0.6) is 0 Å². The molecular weight excluding hydrogens is 206 g/mol. The second-order valence-corrected chi connectivity index (χ2v) is 4.76. The van der Waals surface area contributed by atoms with E-state index in [-0.39, 0.29) is 12.1 Å². The lowest BCUT2D eigenvalue weighted by Crippen LogP contribution is -2.43. The molecule has 0 bridgehead atoms. The molecule has 0 aromatic carbocycles. The molecule has 94 valence electrons. The van der Waals surface area contributed by atoms with E-state index in [1.807, 2.05) is 0 Å². The third kappa shape index (κ3) is 4.94. The van der Waals surface area contributed by atoms with E-state index in [1.165, 1.54) is 13.5 Å². The predicted octanol–water partition coefficient (Wildman–Crippen LogP) is 1.30. The van der Waals surface area contributed by atoms with Crippen LogP contribution in [0.2, 0.25) is 0 Å². The van der Waals surface area contributed by atoms with Gasteiger partial charge in [0, 0.05) is 13.1 Å². The Balaban J connectivity index is 2.26. The zero-order valence-electron chi connectivity index (χ0n) is 10.6. The number of morpholine rings is 1. The molecule has 1 aliphatic rings. The Hall–Kier alpha value is -0.610. The summed E-state index contributed by atoms with van der Waals surface area (Å²) in [5.74, 6) is 0.539. The second kappa shape index (κ2) is 6.86. The van der Waals surface area contributed by atoms with Gasteiger partial charge in [-0.3, -0.25) is 9.69 Å². The van der Waals surface area contributed by atoms with E-state index in [1.54, 1.807) is 0 Å². The van der Waals surface area contributed by atoms with Crippen molar-refractivity contribution in [3.05, 3.63) is 0 Å². The van der Waals surface area contributed by atoms with Crippen LogP contribution in [0.1, 0.15) is 26.7 Å². The van der Waals surface area contributed by atoms with Crippen LogP contribution in [-0.2, 0) is 14.3 Å². The largest absolute Gasteiger partial charge is 0.469 e. The summed E-state index contributed by atoms with van der Waals surface area (Å²) in [4.78, 5) is 13.5. The lowest BCUT2D eigenvalue weighted by atomic mass is 10.1. The highest BCUT2D eigenvalue weighted by Crippen LogP contribution is 2.11. The average Bonchev–Trinajstić information content (AvgIpc) is 2.26. The van der Waals surface area contributed by atoms with Gasteiger partial charge in [0.15, 0.2) is 0 Å². The van der Waals surface area contributed by atoms with Crippen LogP contribution in [0.3, 0.4) is 0 Å². The Bertz CT molecular complexity index is 218. The van der Waals surface area contributed by atoms with E-state index in [4.69, 9.17) is 4.74 Å². The van der Waals surface area contributed by atoms with E-state index in [2.05, 4.69) is 23.5 Å². The fourth-order valence-corrected chi connectivity index (χ4v) is 1.82. The third-order valence-electron chi connectivity index (χ3n) is 2.87. The fraction of sp³-hybridized carbons (Fsp3) is 0.917. The van der Waals surface area contributed by atoms with Gasteiger partial charge in [-0.2, -0.15) is 0 Å². The molecule has 0 spiro atoms. The first kappa shape index (κ1) is 13.5. The number of carbonyl (C=O) groups is 1. The molecule has 1 atom stereocenters. The maximum atomic E-state index is 11.1. The van der Waals surface area contributed by atoms with Crippen molar-refractivity contribution in [2.24, 2.45) is 5.92 Å². The normalized spacial score (nSPS) is 22.4. The van der Waals surface area contributed by atoms with Crippen molar-refractivity contribution >= 4 is 5.97 Å². The summed E-state index contributed by atoms with van der Waals surface area (Å²) in [6.07, 6.45) is 1.58. The molecule has 0 N–H and O–H groups in total. The van der Waals surface area contributed by atoms with Crippen LogP contribution < -0.4 is 0 Å². The zero-order valence-corrected chi connectivity index (χ0v) is 10.6. The van der Waals surface area contributed by atoms with Crippen LogP contribution in [0.15, 0.2) is 0 Å². The van der Waals surface area contributed by atoms with Gasteiger partial charge in [-0.05, 0) is 18.9 Å². The number of methoxy groups -OCH3 is 1. The van der Waals surface area contributed by atoms with Crippen LogP contribution in [0, 0.1) is 5.92 Å². The van der Waals surface area contributed by atoms with Crippen LogP contribution in [-0.4, -0.2) is 50.3 Å². The Morgan fingerprint density at radius 1 is 1.56 bits per heavy atom. The molecule has 0 amide bonds. The lowest BCUT2D eigenvalue weighted by Gasteiger charge is -2.32. The van der Waals surface area contributed by atoms with Gasteiger partial charge >= 0.3 is 5.97 Å². The fourth-order valence-electron chi connectivity index (χ4n) is 1.82. The molecule has 1 saturated heterocycles. The number of carbonyl (C=O) groups excluding carboxylic acids is 1. The summed E-state index contributed by atoms with van der Waals surface area (Å²) >= 11 is 0. The zero-order chi connectivity index (χ0) is 12.0. The molecule has 1 fully saturated rings. The van der Waals surface area contributed by atoms with E-state index < -0.39 is 0 Å². The van der Waals surface area contributed by atoms with E-state index >= 15 is 0 Å². The van der Waals surface area contributed by atoms with Crippen LogP contribution in [0.4, 0.5) is 0 Å². The van der Waals surface area contributed by atoms with E-state index in [9.17, 15) is 4.79 Å². The minimum absolute atomic E-state index is 0.00774. The van der Waals surface area contributed by atoms with Gasteiger partial charge in [0.05, 0.1) is 26.2 Å². The molecule has 0 aliphatic carbocycles. The van der Waals surface area contributed by atoms with Crippen molar-refractivity contribution < 1.29 is 14.3 Å². The highest BCUT2D eigenvalue weighted by molar-refractivity contribution is 5.69. The van der Waals surface area contributed by atoms with Gasteiger partial charge < -0.3 is 9.47 Å². The number of ether oxygens (including phenoxy) is 2. The molecule has 16 heavy (non-hydrogen) atoms. The standard InChI is InChI=1S/C12H23NO3/c1-10(2)4-5-13-6-7-16-11(9-13)8-12(14)15-3/h10-11H,4-9H2,1-3H3. The molecule has 0 radical (unpaired) electrons. The molecule has 1 rings (SSSR count). The Morgan fingerprint density at radius 3 is 2.94 bits per heavy atom. The first-order chi connectivity index (χ1) is 7.61. The van der Waals surface area contributed by atoms with Crippen molar-refractivity contribution in [1.82, 2.24) is 4.90 Å². The third-order valence-corrected chi connectivity index (χ3v) is 2.87. The van der Waals surface area contributed by atoms with Gasteiger partial charge in [0.2, 0.25) is 0 Å².